The number of carbonyl (C=O) groups is 1. The van der Waals surface area contributed by atoms with Gasteiger partial charge in [-0.1, -0.05) is 30.3 Å². The molecule has 1 aromatic heterocycles. The maximum absolute atomic E-state index is 12.9. The summed E-state index contributed by atoms with van der Waals surface area (Å²) < 4.78 is 12.5. The summed E-state index contributed by atoms with van der Waals surface area (Å²) in [4.78, 5) is 25.7. The number of fused-ring (bicyclic) bond motifs is 2. The molecule has 0 atom stereocenters. The second-order valence-corrected chi connectivity index (χ2v) is 6.87. The van der Waals surface area contributed by atoms with E-state index in [2.05, 4.69) is 5.32 Å². The topological polar surface area (TPSA) is 69.6 Å². The minimum Gasteiger partial charge on any atom is -0.491 e. The first-order chi connectivity index (χ1) is 14.7. The maximum atomic E-state index is 12.9. The predicted octanol–water partition coefficient (Wildman–Crippen LogP) is 3.82. The summed E-state index contributed by atoms with van der Waals surface area (Å²) in [6, 6.07) is 21.9. The largest absolute Gasteiger partial charge is 0.491 e. The third kappa shape index (κ3) is 4.04. The number of aromatic nitrogens is 1. The number of methoxy groups -OCH3 is 1. The number of benzene rings is 3. The van der Waals surface area contributed by atoms with Crippen molar-refractivity contribution in [3.8, 4) is 5.75 Å². The van der Waals surface area contributed by atoms with Crippen molar-refractivity contribution in [2.24, 2.45) is 0 Å². The molecule has 6 nitrogen and oxygen atoms in total. The number of anilines is 1. The van der Waals surface area contributed by atoms with E-state index in [0.29, 0.717) is 35.4 Å². The van der Waals surface area contributed by atoms with Crippen molar-refractivity contribution in [2.45, 2.75) is 6.54 Å². The van der Waals surface area contributed by atoms with Crippen LogP contribution in [0.3, 0.4) is 0 Å². The average molecular weight is 402 g/mol. The first-order valence-corrected chi connectivity index (χ1v) is 9.69. The molecule has 0 saturated heterocycles. The number of ether oxygens (including phenoxy) is 2. The van der Waals surface area contributed by atoms with Gasteiger partial charge in [0.1, 0.15) is 18.9 Å². The van der Waals surface area contributed by atoms with E-state index in [1.165, 1.54) is 0 Å². The molecule has 6 heteroatoms. The monoisotopic (exact) mass is 402 g/mol. The lowest BCUT2D eigenvalue weighted by Crippen LogP contribution is -2.21. The fraction of sp³-hybridized carbons (Fsp3) is 0.167. The molecule has 3 aromatic carbocycles. The van der Waals surface area contributed by atoms with Crippen LogP contribution in [0.1, 0.15) is 0 Å². The van der Waals surface area contributed by atoms with Gasteiger partial charge in [0.25, 0.3) is 0 Å². The van der Waals surface area contributed by atoms with Crippen molar-refractivity contribution in [1.82, 2.24) is 4.57 Å². The first kappa shape index (κ1) is 19.7. The predicted molar refractivity (Wildman–Crippen MR) is 118 cm³/mol. The molecule has 4 rings (SSSR count). The Balaban J connectivity index is 1.63. The van der Waals surface area contributed by atoms with Crippen LogP contribution < -0.4 is 15.5 Å². The number of pyridine rings is 1. The van der Waals surface area contributed by atoms with Crippen LogP contribution in [0.4, 0.5) is 5.69 Å². The highest BCUT2D eigenvalue weighted by atomic mass is 16.5. The van der Waals surface area contributed by atoms with E-state index in [1.54, 1.807) is 25.3 Å². The fourth-order valence-electron chi connectivity index (χ4n) is 3.50. The van der Waals surface area contributed by atoms with E-state index in [4.69, 9.17) is 9.47 Å². The Morgan fingerprint density at radius 3 is 2.23 bits per heavy atom. The van der Waals surface area contributed by atoms with E-state index >= 15 is 0 Å². The van der Waals surface area contributed by atoms with E-state index in [1.807, 2.05) is 59.2 Å². The van der Waals surface area contributed by atoms with Crippen LogP contribution in [-0.2, 0) is 16.1 Å². The van der Waals surface area contributed by atoms with Gasteiger partial charge in [0.15, 0.2) is 5.43 Å². The zero-order valence-corrected chi connectivity index (χ0v) is 16.6. The lowest BCUT2D eigenvalue weighted by atomic mass is 10.1. The first-order valence-electron chi connectivity index (χ1n) is 9.69. The highest BCUT2D eigenvalue weighted by Crippen LogP contribution is 2.20. The van der Waals surface area contributed by atoms with Crippen LogP contribution in [0, 0.1) is 0 Å². The Morgan fingerprint density at radius 1 is 0.900 bits per heavy atom. The Bertz CT molecular complexity index is 1200. The summed E-state index contributed by atoms with van der Waals surface area (Å²) in [6.07, 6.45) is 0. The third-order valence-corrected chi connectivity index (χ3v) is 4.85. The van der Waals surface area contributed by atoms with E-state index < -0.39 is 0 Å². The highest BCUT2D eigenvalue weighted by Gasteiger charge is 2.13. The lowest BCUT2D eigenvalue weighted by molar-refractivity contribution is -0.116. The molecule has 0 aliphatic rings. The molecule has 0 spiro atoms. The molecule has 0 aliphatic carbocycles. The molecular weight excluding hydrogens is 380 g/mol. The highest BCUT2D eigenvalue weighted by molar-refractivity contribution is 5.97. The van der Waals surface area contributed by atoms with Gasteiger partial charge in [-0.3, -0.25) is 9.59 Å². The van der Waals surface area contributed by atoms with E-state index in [9.17, 15) is 9.59 Å². The van der Waals surface area contributed by atoms with E-state index in [0.717, 1.165) is 11.0 Å². The summed E-state index contributed by atoms with van der Waals surface area (Å²) >= 11 is 0. The van der Waals surface area contributed by atoms with Crippen molar-refractivity contribution >= 4 is 33.4 Å². The van der Waals surface area contributed by atoms with Gasteiger partial charge in [-0.2, -0.15) is 0 Å². The SMILES string of the molecule is COCCOc1cccc(NC(=O)Cn2c3ccccc3c(=O)c3ccccc32)c1. The summed E-state index contributed by atoms with van der Waals surface area (Å²) in [7, 11) is 1.62. The summed E-state index contributed by atoms with van der Waals surface area (Å²) in [6.45, 7) is 1.00. The van der Waals surface area contributed by atoms with Crippen molar-refractivity contribution < 1.29 is 14.3 Å². The number of nitrogens with zero attached hydrogens (tertiary/aromatic N) is 1. The van der Waals surface area contributed by atoms with Gasteiger partial charge in [0.05, 0.1) is 17.6 Å². The van der Waals surface area contributed by atoms with Gasteiger partial charge in [-0.15, -0.1) is 0 Å². The minimum absolute atomic E-state index is 0.0289. The van der Waals surface area contributed by atoms with Crippen molar-refractivity contribution in [3.05, 3.63) is 83.0 Å². The zero-order chi connectivity index (χ0) is 20.9. The van der Waals surface area contributed by atoms with Gasteiger partial charge in [0.2, 0.25) is 5.91 Å². The molecule has 0 bridgehead atoms. The average Bonchev–Trinajstić information content (AvgIpc) is 2.77. The van der Waals surface area contributed by atoms with Gasteiger partial charge < -0.3 is 19.4 Å². The quantitative estimate of drug-likeness (QED) is 0.377. The molecule has 1 N–H and O–H groups in total. The molecule has 0 unspecified atom stereocenters. The van der Waals surface area contributed by atoms with Crippen LogP contribution >= 0.6 is 0 Å². The fourth-order valence-corrected chi connectivity index (χ4v) is 3.50. The molecule has 0 fully saturated rings. The number of nitrogens with one attached hydrogen (secondary N) is 1. The van der Waals surface area contributed by atoms with Crippen molar-refractivity contribution in [3.63, 3.8) is 0 Å². The Kier molecular flexibility index (Phi) is 5.77. The summed E-state index contributed by atoms with van der Waals surface area (Å²) in [5.41, 5.74) is 2.07. The van der Waals surface area contributed by atoms with Crippen molar-refractivity contribution in [2.75, 3.05) is 25.6 Å². The molecule has 1 amide bonds. The molecular formula is C24H22N2O4. The molecule has 4 aromatic rings. The Morgan fingerprint density at radius 2 is 1.57 bits per heavy atom. The van der Waals surface area contributed by atoms with Gasteiger partial charge in [-0.05, 0) is 36.4 Å². The molecule has 30 heavy (non-hydrogen) atoms. The number of rotatable bonds is 7. The summed E-state index contributed by atoms with van der Waals surface area (Å²) in [5.74, 6) is 0.465. The van der Waals surface area contributed by atoms with Crippen molar-refractivity contribution in [1.29, 1.82) is 0 Å². The number of hydrogen-bond donors (Lipinski definition) is 1. The number of hydrogen-bond acceptors (Lipinski definition) is 4. The van der Waals surface area contributed by atoms with Crippen LogP contribution in [0.15, 0.2) is 77.6 Å². The number of para-hydroxylation sites is 2. The summed E-state index contributed by atoms with van der Waals surface area (Å²) in [5, 5.41) is 4.11. The van der Waals surface area contributed by atoms with Gasteiger partial charge >= 0.3 is 0 Å². The Labute approximate surface area is 173 Å². The number of amides is 1. The lowest BCUT2D eigenvalue weighted by Gasteiger charge is -2.15. The standard InChI is InChI=1S/C24H22N2O4/c1-29-13-14-30-18-8-6-7-17(15-18)25-23(27)16-26-21-11-4-2-9-19(21)24(28)20-10-3-5-12-22(20)26/h2-12,15H,13-14,16H2,1H3,(H,25,27). The third-order valence-electron chi connectivity index (χ3n) is 4.85. The molecule has 0 radical (unpaired) electrons. The van der Waals surface area contributed by atoms with Crippen LogP contribution in [-0.4, -0.2) is 30.8 Å². The zero-order valence-electron chi connectivity index (χ0n) is 16.6. The Hall–Kier alpha value is -3.64. The number of carbonyl (C=O) groups excluding carboxylic acids is 1. The van der Waals surface area contributed by atoms with Crippen LogP contribution in [0.2, 0.25) is 0 Å². The second-order valence-electron chi connectivity index (χ2n) is 6.87. The second kappa shape index (κ2) is 8.80. The van der Waals surface area contributed by atoms with Gasteiger partial charge in [-0.25, -0.2) is 0 Å². The normalized spacial score (nSPS) is 11.0. The smallest absolute Gasteiger partial charge is 0.244 e. The van der Waals surface area contributed by atoms with E-state index in [-0.39, 0.29) is 17.9 Å². The molecule has 0 saturated carbocycles. The molecule has 152 valence electrons. The molecule has 0 aliphatic heterocycles. The maximum Gasteiger partial charge on any atom is 0.244 e. The van der Waals surface area contributed by atoms with Crippen LogP contribution in [0.5, 0.6) is 5.75 Å². The molecule has 1 heterocycles. The minimum atomic E-state index is -0.192. The van der Waals surface area contributed by atoms with Gasteiger partial charge in [0, 0.05) is 29.6 Å². The van der Waals surface area contributed by atoms with Crippen LogP contribution in [0.25, 0.3) is 21.8 Å².